The zero-order chi connectivity index (χ0) is 21.8. The monoisotopic (exact) mass is 409 g/mol. The van der Waals surface area contributed by atoms with Gasteiger partial charge >= 0.3 is 11.6 Å². The van der Waals surface area contributed by atoms with Gasteiger partial charge in [0.15, 0.2) is 5.75 Å². The van der Waals surface area contributed by atoms with Crippen molar-refractivity contribution in [3.63, 3.8) is 0 Å². The van der Waals surface area contributed by atoms with Crippen molar-refractivity contribution < 1.29 is 9.66 Å². The van der Waals surface area contributed by atoms with Crippen LogP contribution in [0.15, 0.2) is 36.7 Å². The Labute approximate surface area is 176 Å². The highest BCUT2D eigenvalue weighted by Gasteiger charge is 2.29. The van der Waals surface area contributed by atoms with Crippen molar-refractivity contribution >= 4 is 22.4 Å². The Morgan fingerprint density at radius 3 is 2.40 bits per heavy atom. The summed E-state index contributed by atoms with van der Waals surface area (Å²) in [4.78, 5) is 26.4. The number of aromatic nitrogens is 3. The molecule has 30 heavy (non-hydrogen) atoms. The summed E-state index contributed by atoms with van der Waals surface area (Å²) in [6, 6.07) is 9.33. The van der Waals surface area contributed by atoms with E-state index in [2.05, 4.69) is 42.6 Å². The van der Waals surface area contributed by atoms with E-state index in [9.17, 15) is 10.1 Å². The van der Waals surface area contributed by atoms with Crippen LogP contribution in [0.1, 0.15) is 33.4 Å². The number of ether oxygens (including phenoxy) is 1. The minimum absolute atomic E-state index is 0.0849. The fraction of sp³-hybridized carbons (Fsp3) is 0.409. The van der Waals surface area contributed by atoms with Crippen LogP contribution in [0.4, 0.5) is 11.5 Å². The van der Waals surface area contributed by atoms with Gasteiger partial charge in [0.2, 0.25) is 5.82 Å². The summed E-state index contributed by atoms with van der Waals surface area (Å²) >= 11 is 0. The molecule has 0 saturated heterocycles. The molecule has 0 N–H and O–H groups in total. The Hall–Kier alpha value is -3.29. The molecule has 0 fully saturated rings. The second-order valence-corrected chi connectivity index (χ2v) is 8.18. The topological polar surface area (TPSA) is 94.3 Å². The van der Waals surface area contributed by atoms with Crippen molar-refractivity contribution in [1.29, 1.82) is 0 Å². The third kappa shape index (κ3) is 4.82. The molecule has 0 saturated carbocycles. The number of aryl methyl sites for hydroxylation is 1. The SMILES string of the molecule is Cc1ccc2cccc(Oc3ncnc(N(CC(C)C)CC(C)C)c3[N+](=O)[O-])c2n1. The van der Waals surface area contributed by atoms with Gasteiger partial charge in [-0.05, 0) is 30.9 Å². The second-order valence-electron chi connectivity index (χ2n) is 8.18. The highest BCUT2D eigenvalue weighted by atomic mass is 16.6. The normalized spacial score (nSPS) is 11.3. The van der Waals surface area contributed by atoms with Crippen molar-refractivity contribution in [2.45, 2.75) is 34.6 Å². The summed E-state index contributed by atoms with van der Waals surface area (Å²) in [6.45, 7) is 11.5. The number of hydrogen-bond acceptors (Lipinski definition) is 7. The summed E-state index contributed by atoms with van der Waals surface area (Å²) in [5.41, 5.74) is 1.23. The summed E-state index contributed by atoms with van der Waals surface area (Å²) in [6.07, 6.45) is 1.31. The van der Waals surface area contributed by atoms with Crippen molar-refractivity contribution in [2.24, 2.45) is 11.8 Å². The first-order chi connectivity index (χ1) is 14.3. The highest BCUT2D eigenvalue weighted by molar-refractivity contribution is 5.85. The predicted molar refractivity (Wildman–Crippen MR) is 117 cm³/mol. The average Bonchev–Trinajstić information content (AvgIpc) is 2.67. The van der Waals surface area contributed by atoms with Gasteiger partial charge in [0.25, 0.3) is 0 Å². The van der Waals surface area contributed by atoms with Crippen LogP contribution in [0.3, 0.4) is 0 Å². The number of rotatable bonds is 8. The molecule has 0 atom stereocenters. The van der Waals surface area contributed by atoms with Gasteiger partial charge in [0.05, 0.1) is 4.92 Å². The molecule has 8 nitrogen and oxygen atoms in total. The quantitative estimate of drug-likeness (QED) is 0.375. The zero-order valence-corrected chi connectivity index (χ0v) is 18.0. The number of para-hydroxylation sites is 1. The van der Waals surface area contributed by atoms with Gasteiger partial charge in [-0.15, -0.1) is 0 Å². The molecule has 0 spiro atoms. The smallest absolute Gasteiger partial charge is 0.373 e. The van der Waals surface area contributed by atoms with Crippen LogP contribution < -0.4 is 9.64 Å². The first-order valence-corrected chi connectivity index (χ1v) is 10.0. The van der Waals surface area contributed by atoms with Gasteiger partial charge in [-0.2, -0.15) is 4.98 Å². The minimum atomic E-state index is -0.470. The molecule has 0 aliphatic rings. The Morgan fingerprint density at radius 1 is 1.07 bits per heavy atom. The summed E-state index contributed by atoms with van der Waals surface area (Å²) in [7, 11) is 0. The third-order valence-electron chi connectivity index (χ3n) is 4.45. The van der Waals surface area contributed by atoms with Gasteiger partial charge < -0.3 is 9.64 Å². The molecule has 3 aromatic rings. The molecule has 0 aliphatic carbocycles. The van der Waals surface area contributed by atoms with E-state index in [1.165, 1.54) is 6.33 Å². The van der Waals surface area contributed by atoms with E-state index in [1.807, 2.05) is 36.1 Å². The molecule has 158 valence electrons. The van der Waals surface area contributed by atoms with E-state index in [4.69, 9.17) is 4.74 Å². The second kappa shape index (κ2) is 9.02. The number of nitrogens with zero attached hydrogens (tertiary/aromatic N) is 5. The Balaban J connectivity index is 2.09. The van der Waals surface area contributed by atoms with Gasteiger partial charge in [0, 0.05) is 24.2 Å². The number of hydrogen-bond donors (Lipinski definition) is 0. The standard InChI is InChI=1S/C22H27N5O3/c1-14(2)11-26(12-15(3)4)21-20(27(28)29)22(24-13-23-21)30-18-8-6-7-17-10-9-16(5)25-19(17)18/h6-10,13-15H,11-12H2,1-5H3. The van der Waals surface area contributed by atoms with Crippen LogP contribution in [0.25, 0.3) is 10.9 Å². The van der Waals surface area contributed by atoms with Gasteiger partial charge in [0.1, 0.15) is 11.8 Å². The number of anilines is 1. The summed E-state index contributed by atoms with van der Waals surface area (Å²) in [5.74, 6) is 1.24. The maximum atomic E-state index is 12.0. The van der Waals surface area contributed by atoms with Crippen molar-refractivity contribution in [1.82, 2.24) is 15.0 Å². The molecule has 0 aliphatic heterocycles. The van der Waals surface area contributed by atoms with Crippen molar-refractivity contribution in [3.05, 3.63) is 52.5 Å². The van der Waals surface area contributed by atoms with Crippen molar-refractivity contribution in [2.75, 3.05) is 18.0 Å². The molecule has 2 heterocycles. The van der Waals surface area contributed by atoms with Crippen LogP contribution in [-0.4, -0.2) is 33.0 Å². The van der Waals surface area contributed by atoms with E-state index in [0.717, 1.165) is 11.1 Å². The van der Waals surface area contributed by atoms with E-state index < -0.39 is 4.92 Å². The Morgan fingerprint density at radius 2 is 1.77 bits per heavy atom. The number of benzene rings is 1. The molecule has 3 rings (SSSR count). The molecule has 0 radical (unpaired) electrons. The van der Waals surface area contributed by atoms with Gasteiger partial charge in [-0.1, -0.05) is 45.9 Å². The zero-order valence-electron chi connectivity index (χ0n) is 18.0. The molecule has 8 heteroatoms. The lowest BCUT2D eigenvalue weighted by atomic mass is 10.1. The molecular weight excluding hydrogens is 382 g/mol. The highest BCUT2D eigenvalue weighted by Crippen LogP contribution is 2.38. The fourth-order valence-corrected chi connectivity index (χ4v) is 3.35. The van der Waals surface area contributed by atoms with Gasteiger partial charge in [-0.25, -0.2) is 9.97 Å². The van der Waals surface area contributed by atoms with Crippen LogP contribution >= 0.6 is 0 Å². The Bertz CT molecular complexity index is 1040. The van der Waals surface area contributed by atoms with E-state index in [0.29, 0.717) is 36.2 Å². The lowest BCUT2D eigenvalue weighted by Gasteiger charge is -2.27. The third-order valence-corrected chi connectivity index (χ3v) is 4.45. The van der Waals surface area contributed by atoms with E-state index >= 15 is 0 Å². The molecule has 2 aromatic heterocycles. The molecule has 1 aromatic carbocycles. The van der Waals surface area contributed by atoms with Gasteiger partial charge in [-0.3, -0.25) is 10.1 Å². The van der Waals surface area contributed by atoms with E-state index in [-0.39, 0.29) is 17.4 Å². The predicted octanol–water partition coefficient (Wildman–Crippen LogP) is 5.15. The Kier molecular flexibility index (Phi) is 6.44. The molecule has 0 unspecified atom stereocenters. The maximum absolute atomic E-state index is 12.0. The number of fused-ring (bicyclic) bond motifs is 1. The first-order valence-electron chi connectivity index (χ1n) is 10.0. The maximum Gasteiger partial charge on any atom is 0.373 e. The van der Waals surface area contributed by atoms with E-state index in [1.54, 1.807) is 6.07 Å². The lowest BCUT2D eigenvalue weighted by Crippen LogP contribution is -2.32. The summed E-state index contributed by atoms with van der Waals surface area (Å²) < 4.78 is 5.96. The molecule has 0 amide bonds. The average molecular weight is 409 g/mol. The lowest BCUT2D eigenvalue weighted by molar-refractivity contribution is -0.385. The fourth-order valence-electron chi connectivity index (χ4n) is 3.35. The van der Waals surface area contributed by atoms with Crippen LogP contribution in [0.5, 0.6) is 11.6 Å². The molecular formula is C22H27N5O3. The van der Waals surface area contributed by atoms with Crippen LogP contribution in [-0.2, 0) is 0 Å². The first kappa shape index (κ1) is 21.4. The number of nitro groups is 1. The minimum Gasteiger partial charge on any atom is -0.431 e. The summed E-state index contributed by atoms with van der Waals surface area (Å²) in [5, 5.41) is 12.9. The largest absolute Gasteiger partial charge is 0.431 e. The molecule has 0 bridgehead atoms. The van der Waals surface area contributed by atoms with Crippen LogP contribution in [0, 0.1) is 28.9 Å². The number of pyridine rings is 1. The van der Waals surface area contributed by atoms with Crippen LogP contribution in [0.2, 0.25) is 0 Å². The van der Waals surface area contributed by atoms with Crippen molar-refractivity contribution in [3.8, 4) is 11.6 Å².